The number of aryl methyl sites for hydroxylation is 3. The summed E-state index contributed by atoms with van der Waals surface area (Å²) in [5.74, 6) is 0.253. The van der Waals surface area contributed by atoms with Crippen molar-refractivity contribution in [2.75, 3.05) is 11.1 Å². The lowest BCUT2D eigenvalue weighted by atomic mass is 10.00. The Morgan fingerprint density at radius 1 is 1.17 bits per heavy atom. The molecule has 2 N–H and O–H groups in total. The van der Waals surface area contributed by atoms with Crippen molar-refractivity contribution in [2.24, 2.45) is 0 Å². The zero-order valence-electron chi connectivity index (χ0n) is 14.0. The number of carbonyl (C=O) groups is 2. The number of amides is 2. The van der Waals surface area contributed by atoms with Gasteiger partial charge in [0.05, 0.1) is 11.4 Å². The third-order valence-corrected chi connectivity index (χ3v) is 5.21. The molecule has 2 aromatic carbocycles. The summed E-state index contributed by atoms with van der Waals surface area (Å²) in [5, 5.41) is 5.79. The molecule has 0 unspecified atom stereocenters. The van der Waals surface area contributed by atoms with Gasteiger partial charge in [0.15, 0.2) is 0 Å². The van der Waals surface area contributed by atoms with E-state index >= 15 is 0 Å². The van der Waals surface area contributed by atoms with Gasteiger partial charge in [-0.05, 0) is 55.7 Å². The van der Waals surface area contributed by atoms with Crippen molar-refractivity contribution in [3.8, 4) is 0 Å². The molecule has 2 amide bonds. The number of thioether (sulfide) groups is 1. The number of benzene rings is 2. The number of anilines is 1. The highest BCUT2D eigenvalue weighted by atomic mass is 32.2. The molecular weight excluding hydrogens is 320 g/mol. The van der Waals surface area contributed by atoms with Gasteiger partial charge >= 0.3 is 0 Å². The molecule has 0 atom stereocenters. The van der Waals surface area contributed by atoms with E-state index in [1.54, 1.807) is 12.1 Å². The van der Waals surface area contributed by atoms with Crippen LogP contribution in [0.3, 0.4) is 0 Å². The van der Waals surface area contributed by atoms with E-state index in [-0.39, 0.29) is 11.8 Å². The maximum Gasteiger partial charge on any atom is 0.251 e. The molecule has 1 aliphatic heterocycles. The first kappa shape index (κ1) is 16.6. The van der Waals surface area contributed by atoms with Gasteiger partial charge in [-0.2, -0.15) is 0 Å². The highest BCUT2D eigenvalue weighted by Gasteiger charge is 2.17. The standard InChI is InChI=1S/C19H20N2O2S/c1-11-6-12(2)15(13(3)7-11)9-20-19(23)14-4-5-17-16(8-14)21-18(22)10-24-17/h4-8H,9-10H2,1-3H3,(H,20,23)(H,21,22). The second kappa shape index (κ2) is 6.69. The highest BCUT2D eigenvalue weighted by Crippen LogP contribution is 2.32. The summed E-state index contributed by atoms with van der Waals surface area (Å²) in [6, 6.07) is 9.67. The lowest BCUT2D eigenvalue weighted by Gasteiger charge is -2.17. The zero-order chi connectivity index (χ0) is 17.3. The molecule has 24 heavy (non-hydrogen) atoms. The molecule has 4 nitrogen and oxygen atoms in total. The summed E-state index contributed by atoms with van der Waals surface area (Å²) in [5.41, 5.74) is 6.01. The molecule has 3 rings (SSSR count). The molecule has 0 saturated heterocycles. The van der Waals surface area contributed by atoms with Crippen molar-refractivity contribution in [2.45, 2.75) is 32.2 Å². The number of fused-ring (bicyclic) bond motifs is 1. The minimum atomic E-state index is -0.137. The molecule has 0 aromatic heterocycles. The summed E-state index contributed by atoms with van der Waals surface area (Å²) in [6.07, 6.45) is 0. The summed E-state index contributed by atoms with van der Waals surface area (Å²) in [6.45, 7) is 6.69. The predicted molar refractivity (Wildman–Crippen MR) is 97.6 cm³/mol. The van der Waals surface area contributed by atoms with Crippen LogP contribution in [0.5, 0.6) is 0 Å². The first-order valence-electron chi connectivity index (χ1n) is 7.85. The number of hydrogen-bond acceptors (Lipinski definition) is 3. The van der Waals surface area contributed by atoms with E-state index in [1.807, 2.05) is 6.07 Å². The predicted octanol–water partition coefficient (Wildman–Crippen LogP) is 3.59. The largest absolute Gasteiger partial charge is 0.348 e. The van der Waals surface area contributed by atoms with Crippen LogP contribution in [0, 0.1) is 20.8 Å². The Morgan fingerprint density at radius 3 is 2.58 bits per heavy atom. The monoisotopic (exact) mass is 340 g/mol. The smallest absolute Gasteiger partial charge is 0.251 e. The minimum absolute atomic E-state index is 0.0315. The summed E-state index contributed by atoms with van der Waals surface area (Å²) in [4.78, 5) is 24.9. The SMILES string of the molecule is Cc1cc(C)c(CNC(=O)c2ccc3c(c2)NC(=O)CS3)c(C)c1. The van der Waals surface area contributed by atoms with Gasteiger partial charge in [0.25, 0.3) is 5.91 Å². The lowest BCUT2D eigenvalue weighted by Crippen LogP contribution is -2.24. The van der Waals surface area contributed by atoms with Crippen LogP contribution in [0.2, 0.25) is 0 Å². The molecule has 0 fully saturated rings. The Morgan fingerprint density at radius 2 is 1.88 bits per heavy atom. The number of hydrogen-bond donors (Lipinski definition) is 2. The number of rotatable bonds is 3. The van der Waals surface area contributed by atoms with Crippen LogP contribution >= 0.6 is 11.8 Å². The minimum Gasteiger partial charge on any atom is -0.348 e. The normalized spacial score (nSPS) is 13.2. The van der Waals surface area contributed by atoms with Gasteiger partial charge in [-0.25, -0.2) is 0 Å². The van der Waals surface area contributed by atoms with E-state index in [1.165, 1.54) is 28.5 Å². The van der Waals surface area contributed by atoms with E-state index in [0.29, 0.717) is 23.5 Å². The summed E-state index contributed by atoms with van der Waals surface area (Å²) < 4.78 is 0. The quantitative estimate of drug-likeness (QED) is 0.898. The fraction of sp³-hybridized carbons (Fsp3) is 0.263. The average Bonchev–Trinajstić information content (AvgIpc) is 2.52. The summed E-state index contributed by atoms with van der Waals surface area (Å²) in [7, 11) is 0. The van der Waals surface area contributed by atoms with Crippen LogP contribution in [-0.4, -0.2) is 17.6 Å². The van der Waals surface area contributed by atoms with Crippen molar-refractivity contribution in [1.82, 2.24) is 5.32 Å². The number of carbonyl (C=O) groups excluding carboxylic acids is 2. The molecule has 0 radical (unpaired) electrons. The van der Waals surface area contributed by atoms with Crippen molar-refractivity contribution in [3.63, 3.8) is 0 Å². The lowest BCUT2D eigenvalue weighted by molar-refractivity contribution is -0.113. The molecule has 1 heterocycles. The van der Waals surface area contributed by atoms with Gasteiger partial charge in [-0.3, -0.25) is 9.59 Å². The van der Waals surface area contributed by atoms with E-state index in [0.717, 1.165) is 10.5 Å². The Bertz CT molecular complexity index is 807. The Kier molecular flexibility index (Phi) is 4.62. The number of nitrogens with one attached hydrogen (secondary N) is 2. The summed E-state index contributed by atoms with van der Waals surface area (Å²) >= 11 is 1.49. The van der Waals surface area contributed by atoms with Crippen LogP contribution in [0.15, 0.2) is 35.2 Å². The third kappa shape index (κ3) is 3.46. The molecule has 2 aromatic rings. The van der Waals surface area contributed by atoms with Gasteiger partial charge in [-0.15, -0.1) is 11.8 Å². The molecule has 0 spiro atoms. The zero-order valence-corrected chi connectivity index (χ0v) is 14.8. The van der Waals surface area contributed by atoms with Gasteiger partial charge < -0.3 is 10.6 Å². The first-order valence-corrected chi connectivity index (χ1v) is 8.84. The molecule has 0 aliphatic carbocycles. The maximum atomic E-state index is 12.4. The molecular formula is C19H20N2O2S. The third-order valence-electron chi connectivity index (χ3n) is 4.14. The van der Waals surface area contributed by atoms with E-state index in [2.05, 4.69) is 43.5 Å². The molecule has 0 bridgehead atoms. The van der Waals surface area contributed by atoms with Gasteiger partial charge in [-0.1, -0.05) is 17.7 Å². The average molecular weight is 340 g/mol. The van der Waals surface area contributed by atoms with E-state index in [9.17, 15) is 9.59 Å². The van der Waals surface area contributed by atoms with Crippen LogP contribution < -0.4 is 10.6 Å². The van der Waals surface area contributed by atoms with Gasteiger partial charge in [0, 0.05) is 17.0 Å². The van der Waals surface area contributed by atoms with Crippen molar-refractivity contribution in [1.29, 1.82) is 0 Å². The topological polar surface area (TPSA) is 58.2 Å². The van der Waals surface area contributed by atoms with E-state index < -0.39 is 0 Å². The molecule has 124 valence electrons. The Labute approximate surface area is 146 Å². The van der Waals surface area contributed by atoms with Gasteiger partial charge in [0.2, 0.25) is 5.91 Å². The second-order valence-corrected chi connectivity index (χ2v) is 7.12. The molecule has 0 saturated carbocycles. The fourth-order valence-corrected chi connectivity index (χ4v) is 3.77. The maximum absolute atomic E-state index is 12.4. The van der Waals surface area contributed by atoms with Crippen LogP contribution in [0.1, 0.15) is 32.6 Å². The first-order chi connectivity index (χ1) is 11.4. The van der Waals surface area contributed by atoms with Crippen LogP contribution in [-0.2, 0) is 11.3 Å². The fourth-order valence-electron chi connectivity index (χ4n) is 2.98. The van der Waals surface area contributed by atoms with Crippen LogP contribution in [0.25, 0.3) is 0 Å². The highest BCUT2D eigenvalue weighted by molar-refractivity contribution is 8.00. The van der Waals surface area contributed by atoms with Gasteiger partial charge in [0.1, 0.15) is 0 Å². The van der Waals surface area contributed by atoms with E-state index in [4.69, 9.17) is 0 Å². The Hall–Kier alpha value is -2.27. The Balaban J connectivity index is 1.74. The van der Waals surface area contributed by atoms with Crippen molar-refractivity contribution in [3.05, 3.63) is 58.1 Å². The van der Waals surface area contributed by atoms with Crippen LogP contribution in [0.4, 0.5) is 5.69 Å². The second-order valence-electron chi connectivity index (χ2n) is 6.11. The van der Waals surface area contributed by atoms with Crippen molar-refractivity contribution >= 4 is 29.3 Å². The van der Waals surface area contributed by atoms with Crippen molar-refractivity contribution < 1.29 is 9.59 Å². The molecule has 5 heteroatoms. The molecule has 1 aliphatic rings.